The van der Waals surface area contributed by atoms with Crippen LogP contribution >= 0.6 is 0 Å². The van der Waals surface area contributed by atoms with Gasteiger partial charge in [-0.15, -0.1) is 0 Å². The first-order chi connectivity index (χ1) is 12.6. The number of rotatable bonds is 7. The standard InChI is InChI=1S/C20H28N2O5/c1-20(2,3)27-19(25)21-16(18(24)26-5)11-12-17(23)22(4)14-13-15-9-7-6-8-10-15/h6-10H,11-14H2,1-5H3. The fourth-order valence-electron chi connectivity index (χ4n) is 2.20. The van der Waals surface area contributed by atoms with Crippen molar-refractivity contribution < 1.29 is 23.9 Å². The highest BCUT2D eigenvalue weighted by Crippen LogP contribution is 2.09. The van der Waals surface area contributed by atoms with Crippen LogP contribution in [0.2, 0.25) is 0 Å². The molecular formula is C20H28N2O5. The topological polar surface area (TPSA) is 85.3 Å². The van der Waals surface area contributed by atoms with E-state index in [9.17, 15) is 14.4 Å². The average molecular weight is 376 g/mol. The second kappa shape index (κ2) is 10.4. The second-order valence-electron chi connectivity index (χ2n) is 7.08. The van der Waals surface area contributed by atoms with Crippen LogP contribution < -0.4 is 0 Å². The number of benzene rings is 1. The first-order valence-electron chi connectivity index (χ1n) is 8.79. The highest BCUT2D eigenvalue weighted by Gasteiger charge is 2.21. The predicted octanol–water partition coefficient (Wildman–Crippen LogP) is 3.02. The van der Waals surface area contributed by atoms with Gasteiger partial charge in [-0.05, 0) is 32.8 Å². The maximum absolute atomic E-state index is 12.3. The Balaban J connectivity index is 2.61. The average Bonchev–Trinajstić information content (AvgIpc) is 2.61. The van der Waals surface area contributed by atoms with Crippen molar-refractivity contribution in [2.75, 3.05) is 20.7 Å². The molecule has 0 aliphatic carbocycles. The number of likely N-dealkylation sites (N-methyl/N-ethyl adjacent to an activating group) is 1. The first-order valence-corrected chi connectivity index (χ1v) is 8.79. The number of esters is 1. The minimum Gasteiger partial charge on any atom is -0.465 e. The number of hydrogen-bond acceptors (Lipinski definition) is 5. The zero-order valence-electron chi connectivity index (χ0n) is 16.7. The summed E-state index contributed by atoms with van der Waals surface area (Å²) in [5.41, 5.74) is 0.283. The minimum atomic E-state index is -0.882. The van der Waals surface area contributed by atoms with E-state index < -0.39 is 17.7 Å². The van der Waals surface area contributed by atoms with Gasteiger partial charge < -0.3 is 14.4 Å². The Morgan fingerprint density at radius 2 is 1.70 bits per heavy atom. The summed E-state index contributed by atoms with van der Waals surface area (Å²) in [5.74, 6) is -0.896. The third-order valence-electron chi connectivity index (χ3n) is 3.62. The second-order valence-corrected chi connectivity index (χ2v) is 7.08. The maximum atomic E-state index is 12.3. The van der Waals surface area contributed by atoms with Crippen molar-refractivity contribution in [3.8, 4) is 0 Å². The lowest BCUT2D eigenvalue weighted by Crippen LogP contribution is -2.30. The van der Waals surface area contributed by atoms with Gasteiger partial charge in [-0.25, -0.2) is 9.59 Å². The van der Waals surface area contributed by atoms with Gasteiger partial charge in [0.05, 0.1) is 7.11 Å². The molecule has 0 saturated heterocycles. The van der Waals surface area contributed by atoms with Crippen molar-refractivity contribution in [1.29, 1.82) is 0 Å². The Morgan fingerprint density at radius 3 is 2.26 bits per heavy atom. The summed E-state index contributed by atoms with van der Waals surface area (Å²) < 4.78 is 9.71. The number of methoxy groups -OCH3 is 1. The lowest BCUT2D eigenvalue weighted by atomic mass is 10.1. The largest absolute Gasteiger partial charge is 0.465 e. The van der Waals surface area contributed by atoms with Gasteiger partial charge in [-0.1, -0.05) is 30.3 Å². The molecule has 0 atom stereocenters. The highest BCUT2D eigenvalue weighted by molar-refractivity contribution is 6.38. The molecular weight excluding hydrogens is 348 g/mol. The third kappa shape index (κ3) is 8.99. The summed E-state index contributed by atoms with van der Waals surface area (Å²) in [4.78, 5) is 41.2. The number of hydrogen-bond donors (Lipinski definition) is 0. The molecule has 0 bridgehead atoms. The Labute approximate surface area is 160 Å². The van der Waals surface area contributed by atoms with Crippen molar-refractivity contribution in [2.45, 2.75) is 45.6 Å². The van der Waals surface area contributed by atoms with Gasteiger partial charge in [-0.2, -0.15) is 4.99 Å². The van der Waals surface area contributed by atoms with Crippen LogP contribution in [0.3, 0.4) is 0 Å². The molecule has 0 aliphatic rings. The van der Waals surface area contributed by atoms with Crippen LogP contribution in [0, 0.1) is 0 Å². The van der Waals surface area contributed by atoms with Crippen molar-refractivity contribution >= 4 is 23.7 Å². The van der Waals surface area contributed by atoms with E-state index in [0.717, 1.165) is 12.0 Å². The Bertz CT molecular complexity index is 677. The molecule has 0 saturated carbocycles. The van der Waals surface area contributed by atoms with Crippen LogP contribution in [0.5, 0.6) is 0 Å². The number of amides is 2. The molecule has 0 aliphatic heterocycles. The predicted molar refractivity (Wildman–Crippen MR) is 103 cm³/mol. The summed E-state index contributed by atoms with van der Waals surface area (Å²) in [6.07, 6.45) is -0.103. The fourth-order valence-corrected chi connectivity index (χ4v) is 2.20. The lowest BCUT2D eigenvalue weighted by Gasteiger charge is -2.18. The number of carbonyl (C=O) groups is 3. The number of carbonyl (C=O) groups excluding carboxylic acids is 3. The molecule has 0 radical (unpaired) electrons. The molecule has 1 rings (SSSR count). The van der Waals surface area contributed by atoms with Crippen LogP contribution in [0.1, 0.15) is 39.2 Å². The van der Waals surface area contributed by atoms with Gasteiger partial charge in [0.15, 0.2) is 0 Å². The molecule has 7 heteroatoms. The molecule has 0 N–H and O–H groups in total. The summed E-state index contributed by atoms with van der Waals surface area (Å²) in [7, 11) is 2.90. The molecule has 0 unspecified atom stereocenters. The van der Waals surface area contributed by atoms with Crippen LogP contribution in [-0.2, 0) is 25.5 Å². The van der Waals surface area contributed by atoms with Crippen molar-refractivity contribution in [2.24, 2.45) is 4.99 Å². The van der Waals surface area contributed by atoms with Crippen LogP contribution in [0.25, 0.3) is 0 Å². The molecule has 27 heavy (non-hydrogen) atoms. The smallest absolute Gasteiger partial charge is 0.434 e. The molecule has 0 fully saturated rings. The molecule has 7 nitrogen and oxygen atoms in total. The molecule has 2 amide bonds. The number of aliphatic imine (C=N–C) groups is 1. The SMILES string of the molecule is COC(=O)C(CCC(=O)N(C)CCc1ccccc1)=NC(=O)OC(C)(C)C. The van der Waals surface area contributed by atoms with Crippen LogP contribution in [-0.4, -0.2) is 54.9 Å². The van der Waals surface area contributed by atoms with Gasteiger partial charge >= 0.3 is 12.1 Å². The zero-order valence-corrected chi connectivity index (χ0v) is 16.7. The van der Waals surface area contributed by atoms with E-state index in [1.165, 1.54) is 7.11 Å². The zero-order chi connectivity index (χ0) is 20.4. The molecule has 1 aromatic carbocycles. The summed E-state index contributed by atoms with van der Waals surface area (Å²) in [6.45, 7) is 5.65. The molecule has 0 spiro atoms. The van der Waals surface area contributed by atoms with Gasteiger partial charge in [0, 0.05) is 26.4 Å². The first kappa shape index (κ1) is 22.3. The van der Waals surface area contributed by atoms with E-state index in [2.05, 4.69) is 9.73 Å². The van der Waals surface area contributed by atoms with E-state index in [1.807, 2.05) is 30.3 Å². The van der Waals surface area contributed by atoms with Crippen molar-refractivity contribution in [1.82, 2.24) is 4.90 Å². The number of ether oxygens (including phenoxy) is 2. The van der Waals surface area contributed by atoms with Crippen molar-refractivity contribution in [3.05, 3.63) is 35.9 Å². The van der Waals surface area contributed by atoms with E-state index in [0.29, 0.717) is 6.54 Å². The van der Waals surface area contributed by atoms with Gasteiger partial charge in [0.2, 0.25) is 5.91 Å². The lowest BCUT2D eigenvalue weighted by molar-refractivity contribution is -0.132. The molecule has 1 aromatic rings. The van der Waals surface area contributed by atoms with E-state index in [-0.39, 0.29) is 24.5 Å². The summed E-state index contributed by atoms with van der Waals surface area (Å²) in [6, 6.07) is 9.85. The number of nitrogens with zero attached hydrogens (tertiary/aromatic N) is 2. The molecule has 0 aromatic heterocycles. The molecule has 0 heterocycles. The van der Waals surface area contributed by atoms with Crippen LogP contribution in [0.15, 0.2) is 35.3 Å². The third-order valence-corrected chi connectivity index (χ3v) is 3.62. The van der Waals surface area contributed by atoms with Gasteiger partial charge in [0.25, 0.3) is 0 Å². The Kier molecular flexibility index (Phi) is 8.65. The Morgan fingerprint density at radius 1 is 1.07 bits per heavy atom. The maximum Gasteiger partial charge on any atom is 0.434 e. The normalized spacial score (nSPS) is 11.7. The Hall–Kier alpha value is -2.70. The van der Waals surface area contributed by atoms with E-state index in [4.69, 9.17) is 4.74 Å². The van der Waals surface area contributed by atoms with Gasteiger partial charge in [-0.3, -0.25) is 4.79 Å². The quantitative estimate of drug-likeness (QED) is 0.539. The summed E-state index contributed by atoms with van der Waals surface area (Å²) >= 11 is 0. The fraction of sp³-hybridized carbons (Fsp3) is 0.500. The van der Waals surface area contributed by atoms with Crippen molar-refractivity contribution in [3.63, 3.8) is 0 Å². The van der Waals surface area contributed by atoms with Crippen LogP contribution in [0.4, 0.5) is 4.79 Å². The monoisotopic (exact) mass is 376 g/mol. The van der Waals surface area contributed by atoms with Gasteiger partial charge in [0.1, 0.15) is 11.3 Å². The van der Waals surface area contributed by atoms with E-state index in [1.54, 1.807) is 32.7 Å². The highest BCUT2D eigenvalue weighted by atomic mass is 16.6. The minimum absolute atomic E-state index is 0.000423. The molecule has 148 valence electrons. The van der Waals surface area contributed by atoms with E-state index >= 15 is 0 Å². The summed E-state index contributed by atoms with van der Waals surface area (Å²) in [5, 5.41) is 0.